The second-order valence-corrected chi connectivity index (χ2v) is 7.74. The van der Waals surface area contributed by atoms with Crippen molar-refractivity contribution in [2.24, 2.45) is 5.10 Å². The van der Waals surface area contributed by atoms with Gasteiger partial charge < -0.3 is 24.8 Å². The number of carbonyl (C=O) groups excluding carboxylic acids is 5. The third-order valence-corrected chi connectivity index (χ3v) is 4.84. The molecule has 0 saturated carbocycles. The first-order chi connectivity index (χ1) is 18.1. The highest BCUT2D eigenvalue weighted by Crippen LogP contribution is 2.20. The number of Topliss-reactive ketones (excluding diaryl/α,β-unsaturated/α-hetero) is 1. The number of rotatable bonds is 12. The molecule has 0 aliphatic heterocycles. The maximum atomic E-state index is 12.7. The summed E-state index contributed by atoms with van der Waals surface area (Å²) in [6.07, 6.45) is 0. The van der Waals surface area contributed by atoms with Crippen LogP contribution in [0.4, 0.5) is 11.4 Å². The van der Waals surface area contributed by atoms with Crippen molar-refractivity contribution in [3.8, 4) is 5.75 Å². The van der Waals surface area contributed by atoms with E-state index in [1.807, 2.05) is 0 Å². The minimum Gasteiger partial charge on any atom is -0.492 e. The van der Waals surface area contributed by atoms with Gasteiger partial charge in [0.15, 0.2) is 11.5 Å². The summed E-state index contributed by atoms with van der Waals surface area (Å²) in [6.45, 7) is 6.81. The van der Waals surface area contributed by atoms with E-state index in [0.29, 0.717) is 17.0 Å². The molecule has 0 aliphatic rings. The highest BCUT2D eigenvalue weighted by Gasteiger charge is 2.20. The Morgan fingerprint density at radius 3 is 2.13 bits per heavy atom. The minimum atomic E-state index is -0.815. The predicted molar refractivity (Wildman–Crippen MR) is 139 cm³/mol. The van der Waals surface area contributed by atoms with E-state index in [2.05, 4.69) is 32.5 Å². The van der Waals surface area contributed by atoms with E-state index in [1.165, 1.54) is 32.4 Å². The molecule has 0 radical (unpaired) electrons. The van der Waals surface area contributed by atoms with Crippen LogP contribution in [0.15, 0.2) is 59.7 Å². The second-order valence-electron chi connectivity index (χ2n) is 7.74. The molecule has 38 heavy (non-hydrogen) atoms. The van der Waals surface area contributed by atoms with Gasteiger partial charge in [0.25, 0.3) is 5.91 Å². The molecule has 0 heterocycles. The number of nitrogens with one attached hydrogen (secondary N) is 3. The van der Waals surface area contributed by atoms with Gasteiger partial charge in [0.1, 0.15) is 12.4 Å². The van der Waals surface area contributed by atoms with Gasteiger partial charge in [-0.15, -0.1) is 0 Å². The van der Waals surface area contributed by atoms with Gasteiger partial charge in [0.05, 0.1) is 37.6 Å². The number of hydrogen-bond donors (Lipinski definition) is 3. The van der Waals surface area contributed by atoms with Crippen LogP contribution in [-0.4, -0.2) is 62.6 Å². The highest BCUT2D eigenvalue weighted by molar-refractivity contribution is 6.67. The molecule has 0 spiro atoms. The summed E-state index contributed by atoms with van der Waals surface area (Å²) in [4.78, 5) is 60.3. The Bertz CT molecular complexity index is 1270. The van der Waals surface area contributed by atoms with Crippen LogP contribution >= 0.6 is 0 Å². The van der Waals surface area contributed by atoms with E-state index in [1.54, 1.807) is 31.2 Å². The van der Waals surface area contributed by atoms with Crippen molar-refractivity contribution >= 4 is 46.6 Å². The molecule has 0 aliphatic carbocycles. The summed E-state index contributed by atoms with van der Waals surface area (Å²) in [5.74, 6) is -2.63. The Labute approximate surface area is 219 Å². The smallest absolute Gasteiger partial charge is 0.340 e. The van der Waals surface area contributed by atoms with E-state index in [9.17, 15) is 24.0 Å². The largest absolute Gasteiger partial charge is 0.492 e. The molecule has 12 nitrogen and oxygen atoms in total. The summed E-state index contributed by atoms with van der Waals surface area (Å²) in [5, 5.41) is 9.06. The van der Waals surface area contributed by atoms with Crippen molar-refractivity contribution in [3.63, 3.8) is 0 Å². The molecule has 0 fully saturated rings. The van der Waals surface area contributed by atoms with Crippen LogP contribution in [0.1, 0.15) is 34.6 Å². The van der Waals surface area contributed by atoms with Crippen LogP contribution in [0.3, 0.4) is 0 Å². The van der Waals surface area contributed by atoms with E-state index >= 15 is 0 Å². The summed E-state index contributed by atoms with van der Waals surface area (Å²) < 4.78 is 14.9. The molecule has 200 valence electrons. The number of ketones is 1. The van der Waals surface area contributed by atoms with Crippen LogP contribution in [0.5, 0.6) is 5.75 Å². The number of carbonyl (C=O) groups is 5. The zero-order chi connectivity index (χ0) is 28.2. The Balaban J connectivity index is 2.11. The Kier molecular flexibility index (Phi) is 10.7. The van der Waals surface area contributed by atoms with Gasteiger partial charge in [-0.2, -0.15) is 5.10 Å². The first-order valence-electron chi connectivity index (χ1n) is 11.2. The summed E-state index contributed by atoms with van der Waals surface area (Å²) in [6, 6.07) is 10.3. The molecular weight excluding hydrogens is 496 g/mol. The maximum absolute atomic E-state index is 12.7. The van der Waals surface area contributed by atoms with Crippen LogP contribution in [0.25, 0.3) is 0 Å². The lowest BCUT2D eigenvalue weighted by molar-refractivity contribution is -0.117. The predicted octanol–water partition coefficient (Wildman–Crippen LogP) is 2.33. The van der Waals surface area contributed by atoms with Crippen molar-refractivity contribution in [1.29, 1.82) is 0 Å². The number of nitrogens with zero attached hydrogens (tertiary/aromatic N) is 1. The number of amides is 2. The average Bonchev–Trinajstić information content (AvgIpc) is 2.90. The molecule has 0 atom stereocenters. The molecule has 2 aromatic rings. The van der Waals surface area contributed by atoms with Gasteiger partial charge in [-0.25, -0.2) is 9.59 Å². The number of esters is 2. The zero-order valence-corrected chi connectivity index (χ0v) is 21.4. The highest BCUT2D eigenvalue weighted by atomic mass is 16.5. The van der Waals surface area contributed by atoms with Crippen molar-refractivity contribution in [1.82, 2.24) is 5.32 Å². The average molecular weight is 525 g/mol. The van der Waals surface area contributed by atoms with Crippen LogP contribution < -0.4 is 20.8 Å². The molecule has 2 amide bonds. The third-order valence-electron chi connectivity index (χ3n) is 4.84. The molecule has 0 aromatic heterocycles. The van der Waals surface area contributed by atoms with Crippen molar-refractivity contribution in [2.45, 2.75) is 13.8 Å². The normalized spacial score (nSPS) is 10.6. The van der Waals surface area contributed by atoms with Crippen molar-refractivity contribution in [2.75, 3.05) is 38.1 Å². The Morgan fingerprint density at radius 2 is 1.55 bits per heavy atom. The van der Waals surface area contributed by atoms with E-state index < -0.39 is 29.3 Å². The topological polar surface area (TPSA) is 161 Å². The molecule has 2 aromatic carbocycles. The van der Waals surface area contributed by atoms with E-state index in [-0.39, 0.29) is 35.9 Å². The standard InChI is InChI=1S/C26H28N4O8/c1-15(2)23(32)27-12-13-38-19-9-7-18(8-10-19)28-24(33)22(16(3)31)30-29-21-14-17(25(34)36-4)6-11-20(21)26(35)37-5/h6-11,14,29H,1,12-13H2,2-5H3,(H,27,32)(H,28,33)/b30-22+. The lowest BCUT2D eigenvalue weighted by Gasteiger charge is -2.11. The summed E-state index contributed by atoms with van der Waals surface area (Å²) in [5.41, 5.74) is 2.90. The number of hydrazone groups is 1. The fraction of sp³-hybridized carbons (Fsp3) is 0.231. The maximum Gasteiger partial charge on any atom is 0.340 e. The summed E-state index contributed by atoms with van der Waals surface area (Å²) >= 11 is 0. The quantitative estimate of drug-likeness (QED) is 0.0945. The fourth-order valence-electron chi connectivity index (χ4n) is 2.88. The molecule has 0 saturated heterocycles. The van der Waals surface area contributed by atoms with Crippen molar-refractivity contribution < 1.29 is 38.2 Å². The van der Waals surface area contributed by atoms with Crippen LogP contribution in [0.2, 0.25) is 0 Å². The Morgan fingerprint density at radius 1 is 0.895 bits per heavy atom. The van der Waals surface area contributed by atoms with Gasteiger partial charge in [0, 0.05) is 18.2 Å². The third kappa shape index (κ3) is 8.29. The molecule has 3 N–H and O–H groups in total. The molecule has 0 unspecified atom stereocenters. The van der Waals surface area contributed by atoms with Crippen LogP contribution in [0, 0.1) is 0 Å². The van der Waals surface area contributed by atoms with Gasteiger partial charge >= 0.3 is 11.9 Å². The van der Waals surface area contributed by atoms with Crippen molar-refractivity contribution in [3.05, 3.63) is 65.7 Å². The molecule has 2 rings (SSSR count). The minimum absolute atomic E-state index is 0.0157. The van der Waals surface area contributed by atoms with Gasteiger partial charge in [-0.05, 0) is 49.4 Å². The lowest BCUT2D eigenvalue weighted by Crippen LogP contribution is -2.29. The molecular formula is C26H28N4O8. The number of hydrogen-bond acceptors (Lipinski definition) is 10. The van der Waals surface area contributed by atoms with E-state index in [4.69, 9.17) is 9.47 Å². The lowest BCUT2D eigenvalue weighted by atomic mass is 10.1. The van der Waals surface area contributed by atoms with Gasteiger partial charge in [-0.3, -0.25) is 19.8 Å². The second kappa shape index (κ2) is 13.9. The number of anilines is 2. The van der Waals surface area contributed by atoms with Crippen LogP contribution in [-0.2, 0) is 23.9 Å². The first kappa shape index (κ1) is 29.2. The molecule has 12 heteroatoms. The zero-order valence-electron chi connectivity index (χ0n) is 21.4. The number of benzene rings is 2. The fourth-order valence-corrected chi connectivity index (χ4v) is 2.88. The monoisotopic (exact) mass is 524 g/mol. The number of ether oxygens (including phenoxy) is 3. The first-order valence-corrected chi connectivity index (χ1v) is 11.2. The van der Waals surface area contributed by atoms with Gasteiger partial charge in [-0.1, -0.05) is 6.58 Å². The molecule has 0 bridgehead atoms. The van der Waals surface area contributed by atoms with Gasteiger partial charge in [0.2, 0.25) is 5.91 Å². The van der Waals surface area contributed by atoms with E-state index in [0.717, 1.165) is 6.92 Å². The summed E-state index contributed by atoms with van der Waals surface area (Å²) in [7, 11) is 2.37. The SMILES string of the molecule is C=C(C)C(=O)NCCOc1ccc(NC(=O)/C(=N/Nc2cc(C(=O)OC)ccc2C(=O)OC)C(C)=O)cc1. The Hall–Kier alpha value is -5.00. The number of methoxy groups -OCH3 is 2.